The van der Waals surface area contributed by atoms with Crippen LogP contribution in [0.1, 0.15) is 15.9 Å². The van der Waals surface area contributed by atoms with Crippen LogP contribution in [0, 0.1) is 13.0 Å². The minimum absolute atomic E-state index is 0.0221. The highest BCUT2D eigenvalue weighted by molar-refractivity contribution is 7.94. The number of aromatic nitrogens is 4. The van der Waals surface area contributed by atoms with E-state index in [2.05, 4.69) is 32.2 Å². The van der Waals surface area contributed by atoms with Crippen LogP contribution in [0.5, 0.6) is 5.88 Å². The Balaban J connectivity index is 1.73. The van der Waals surface area contributed by atoms with Crippen LogP contribution in [0.15, 0.2) is 52.0 Å². The molecule has 0 aliphatic heterocycles. The Hall–Kier alpha value is -4.33. The van der Waals surface area contributed by atoms with Crippen LogP contribution in [0.2, 0.25) is 0 Å². The number of hydrogen-bond acceptors (Lipinski definition) is 10. The molecule has 0 bridgehead atoms. The average molecular weight is 489 g/mol. The zero-order valence-corrected chi connectivity index (χ0v) is 18.6. The highest BCUT2D eigenvalue weighted by Crippen LogP contribution is 2.19. The van der Waals surface area contributed by atoms with Gasteiger partial charge >= 0.3 is 6.08 Å². The quantitative estimate of drug-likeness (QED) is 0.339. The van der Waals surface area contributed by atoms with Crippen molar-refractivity contribution in [2.75, 3.05) is 17.2 Å². The maximum atomic E-state index is 13.9. The molecule has 12 nitrogen and oxygen atoms in total. The maximum Gasteiger partial charge on any atom is 0.315 e. The molecule has 34 heavy (non-hydrogen) atoms. The number of nitrogens with two attached hydrogens (primary N) is 1. The molecule has 0 aliphatic rings. The van der Waals surface area contributed by atoms with E-state index in [0.717, 1.165) is 16.0 Å². The number of sulfone groups is 1. The molecule has 2 aromatic heterocycles. The van der Waals surface area contributed by atoms with E-state index in [1.54, 1.807) is 0 Å². The number of aromatic hydroxyl groups is 1. The predicted molar refractivity (Wildman–Crippen MR) is 121 cm³/mol. The Labute approximate surface area is 192 Å². The summed E-state index contributed by atoms with van der Waals surface area (Å²) in [6.45, 7) is 4.59. The molecular formula is C20H20FN7O5S. The first kappa shape index (κ1) is 24.3. The first-order chi connectivity index (χ1) is 16.0. The minimum Gasteiger partial charge on any atom is -0.494 e. The summed E-state index contributed by atoms with van der Waals surface area (Å²) in [6.07, 6.45) is -1.10. The summed E-state index contributed by atoms with van der Waals surface area (Å²) in [6, 6.07) is 6.71. The number of carbonyl (C=O) groups is 1. The molecule has 1 aromatic carbocycles. The van der Waals surface area contributed by atoms with Gasteiger partial charge in [-0.1, -0.05) is 6.58 Å². The third-order valence-corrected chi connectivity index (χ3v) is 5.98. The van der Waals surface area contributed by atoms with Gasteiger partial charge in [-0.2, -0.15) is 19.3 Å². The molecule has 0 saturated heterocycles. The number of aryl methyl sites for hydroxylation is 1. The number of hydrogen-bond donors (Lipinski definition) is 4. The Morgan fingerprint density at radius 1 is 1.24 bits per heavy atom. The van der Waals surface area contributed by atoms with Crippen LogP contribution in [-0.2, 0) is 16.4 Å². The summed E-state index contributed by atoms with van der Waals surface area (Å²) in [5, 5.41) is 16.5. The molecule has 5 N–H and O–H groups in total. The van der Waals surface area contributed by atoms with Gasteiger partial charge in [0.15, 0.2) is 9.84 Å². The lowest BCUT2D eigenvalue weighted by atomic mass is 10.1. The Morgan fingerprint density at radius 2 is 1.88 bits per heavy atom. The molecule has 178 valence electrons. The Kier molecular flexibility index (Phi) is 6.91. The van der Waals surface area contributed by atoms with E-state index in [0.29, 0.717) is 5.69 Å². The first-order valence-corrected chi connectivity index (χ1v) is 11.2. The van der Waals surface area contributed by atoms with Gasteiger partial charge in [0.1, 0.15) is 5.56 Å². The second-order valence-corrected chi connectivity index (χ2v) is 8.81. The van der Waals surface area contributed by atoms with Crippen LogP contribution in [0.25, 0.3) is 0 Å². The number of pyridine rings is 1. The van der Waals surface area contributed by atoms with Gasteiger partial charge in [-0.15, -0.1) is 0 Å². The van der Waals surface area contributed by atoms with Crippen LogP contribution < -0.4 is 21.9 Å². The van der Waals surface area contributed by atoms with E-state index in [1.807, 2.05) is 0 Å². The topological polar surface area (TPSA) is 182 Å². The molecule has 0 atom stereocenters. The van der Waals surface area contributed by atoms with Crippen molar-refractivity contribution in [1.82, 2.24) is 19.5 Å². The summed E-state index contributed by atoms with van der Waals surface area (Å²) in [5.41, 5.74) is 5.13. The second kappa shape index (κ2) is 9.66. The monoisotopic (exact) mass is 489 g/mol. The lowest BCUT2D eigenvalue weighted by Crippen LogP contribution is -2.27. The fourth-order valence-corrected chi connectivity index (χ4v) is 3.70. The van der Waals surface area contributed by atoms with Crippen molar-refractivity contribution in [2.45, 2.75) is 18.4 Å². The van der Waals surface area contributed by atoms with Gasteiger partial charge in [-0.3, -0.25) is 14.2 Å². The highest BCUT2D eigenvalue weighted by atomic mass is 32.2. The second-order valence-electron chi connectivity index (χ2n) is 6.92. The zero-order chi connectivity index (χ0) is 25.0. The summed E-state index contributed by atoms with van der Waals surface area (Å²) < 4.78 is 38.4. The number of nitrogens with one attached hydrogen (secondary N) is 2. The molecular weight excluding hydrogens is 469 g/mol. The van der Waals surface area contributed by atoms with Gasteiger partial charge in [0, 0.05) is 30.3 Å². The molecule has 14 heteroatoms. The van der Waals surface area contributed by atoms with Gasteiger partial charge in [0.25, 0.3) is 11.5 Å². The first-order valence-electron chi connectivity index (χ1n) is 9.65. The van der Waals surface area contributed by atoms with Crippen molar-refractivity contribution < 1.29 is 22.7 Å². The molecule has 0 radical (unpaired) electrons. The smallest absolute Gasteiger partial charge is 0.315 e. The lowest BCUT2D eigenvalue weighted by Gasteiger charge is -2.13. The summed E-state index contributed by atoms with van der Waals surface area (Å²) in [5.74, 6) is -1.80. The van der Waals surface area contributed by atoms with Crippen molar-refractivity contribution in [3.63, 3.8) is 0 Å². The normalized spacial score (nSPS) is 11.1. The standard InChI is InChI=1S/C20H20FN7O5S/c1-3-34(32,33)13-6-4-12(5-7-13)24-20-26-18(21)25-19(27-20)23-8-9-28-14(29)10-11(2)15(16(22)30)17(28)31/h3-7,10,31H,1,8-9H2,2H3,(H2,22,30)(H2,23,24,25,26,27). The van der Waals surface area contributed by atoms with Crippen molar-refractivity contribution in [3.8, 4) is 5.88 Å². The number of halogens is 1. The van der Waals surface area contributed by atoms with Gasteiger partial charge in [0.2, 0.25) is 17.8 Å². The molecule has 0 fully saturated rings. The van der Waals surface area contributed by atoms with Crippen LogP contribution in [0.3, 0.4) is 0 Å². The fourth-order valence-electron chi connectivity index (χ4n) is 2.99. The van der Waals surface area contributed by atoms with Crippen molar-refractivity contribution in [2.24, 2.45) is 5.73 Å². The van der Waals surface area contributed by atoms with E-state index < -0.39 is 33.3 Å². The third kappa shape index (κ3) is 5.35. The third-order valence-electron chi connectivity index (χ3n) is 4.61. The fraction of sp³-hybridized carbons (Fsp3) is 0.150. The van der Waals surface area contributed by atoms with Gasteiger partial charge in [-0.25, -0.2) is 8.42 Å². The molecule has 3 rings (SSSR count). The molecule has 0 unspecified atom stereocenters. The number of nitrogens with zero attached hydrogens (tertiary/aromatic N) is 4. The zero-order valence-electron chi connectivity index (χ0n) is 17.8. The molecule has 2 heterocycles. The van der Waals surface area contributed by atoms with Crippen molar-refractivity contribution in [3.05, 3.63) is 69.9 Å². The van der Waals surface area contributed by atoms with Crippen LogP contribution in [-0.4, -0.2) is 45.5 Å². The minimum atomic E-state index is -3.59. The van der Waals surface area contributed by atoms with Crippen molar-refractivity contribution in [1.29, 1.82) is 0 Å². The number of benzene rings is 1. The molecule has 0 aliphatic carbocycles. The summed E-state index contributed by atoms with van der Waals surface area (Å²) >= 11 is 0. The van der Waals surface area contributed by atoms with E-state index >= 15 is 0 Å². The van der Waals surface area contributed by atoms with Gasteiger partial charge in [-0.05, 0) is 36.8 Å². The van der Waals surface area contributed by atoms with E-state index in [-0.39, 0.29) is 41.0 Å². The SMILES string of the molecule is C=CS(=O)(=O)c1ccc(Nc2nc(F)nc(NCCn3c(O)c(C(N)=O)c(C)cc3=O)n2)cc1. The summed E-state index contributed by atoms with van der Waals surface area (Å²) in [4.78, 5) is 34.8. The van der Waals surface area contributed by atoms with Gasteiger partial charge in [0.05, 0.1) is 4.90 Å². The number of primary amides is 1. The number of carbonyl (C=O) groups excluding carboxylic acids is 1. The summed E-state index contributed by atoms with van der Waals surface area (Å²) in [7, 11) is -3.59. The number of anilines is 3. The van der Waals surface area contributed by atoms with Crippen LogP contribution >= 0.6 is 0 Å². The van der Waals surface area contributed by atoms with E-state index in [4.69, 9.17) is 5.73 Å². The average Bonchev–Trinajstić information content (AvgIpc) is 2.75. The largest absolute Gasteiger partial charge is 0.494 e. The highest BCUT2D eigenvalue weighted by Gasteiger charge is 2.17. The number of amides is 1. The van der Waals surface area contributed by atoms with Crippen molar-refractivity contribution >= 4 is 33.3 Å². The van der Waals surface area contributed by atoms with Gasteiger partial charge < -0.3 is 21.5 Å². The predicted octanol–water partition coefficient (Wildman–Crippen LogP) is 1.06. The van der Waals surface area contributed by atoms with E-state index in [1.165, 1.54) is 31.2 Å². The lowest BCUT2D eigenvalue weighted by molar-refractivity contribution is 0.0995. The maximum absolute atomic E-state index is 13.9. The molecule has 0 spiro atoms. The Morgan fingerprint density at radius 3 is 2.50 bits per heavy atom. The molecule has 3 aromatic rings. The van der Waals surface area contributed by atoms with Crippen LogP contribution in [0.4, 0.5) is 22.0 Å². The molecule has 1 amide bonds. The van der Waals surface area contributed by atoms with E-state index in [9.17, 15) is 27.5 Å². The number of rotatable bonds is 9. The molecule has 0 saturated carbocycles. The Bertz CT molecular complexity index is 1420.